The molecule has 1 fully saturated rings. The number of carbonyl (C=O) groups excluding carboxylic acids is 1. The van der Waals surface area contributed by atoms with Crippen LogP contribution in [0.3, 0.4) is 0 Å². The van der Waals surface area contributed by atoms with Gasteiger partial charge in [-0.15, -0.1) is 0 Å². The molecule has 1 aromatic rings. The summed E-state index contributed by atoms with van der Waals surface area (Å²) < 4.78 is 24.3. The van der Waals surface area contributed by atoms with Crippen molar-refractivity contribution in [1.82, 2.24) is 9.21 Å². The number of thiocarbonyl (C=S) groups is 1. The van der Waals surface area contributed by atoms with Crippen LogP contribution in [0.15, 0.2) is 24.3 Å². The summed E-state index contributed by atoms with van der Waals surface area (Å²) in [5.74, 6) is -0.138. The number of carbonyl (C=O) groups is 1. The van der Waals surface area contributed by atoms with E-state index in [0.29, 0.717) is 37.3 Å². The smallest absolute Gasteiger partial charge is 0.253 e. The Bertz CT molecular complexity index is 665. The van der Waals surface area contributed by atoms with Crippen LogP contribution in [0.5, 0.6) is 0 Å². The summed E-state index contributed by atoms with van der Waals surface area (Å²) in [4.78, 5) is 14.3. The molecule has 1 aromatic carbocycles. The monoisotopic (exact) mass is 327 g/mol. The average molecular weight is 327 g/mol. The van der Waals surface area contributed by atoms with Gasteiger partial charge in [0.2, 0.25) is 10.0 Å². The molecule has 0 saturated carbocycles. The van der Waals surface area contributed by atoms with Crippen molar-refractivity contribution in [3.8, 4) is 0 Å². The second-order valence-corrected chi connectivity index (χ2v) is 7.32. The van der Waals surface area contributed by atoms with Gasteiger partial charge < -0.3 is 10.6 Å². The third-order valence-electron chi connectivity index (χ3n) is 3.39. The molecule has 2 N–H and O–H groups in total. The molecule has 1 heterocycles. The summed E-state index contributed by atoms with van der Waals surface area (Å²) in [6.07, 6.45) is 1.18. The number of amides is 1. The van der Waals surface area contributed by atoms with E-state index in [1.165, 1.54) is 10.6 Å². The van der Waals surface area contributed by atoms with E-state index in [-0.39, 0.29) is 10.9 Å². The molecule has 1 amide bonds. The van der Waals surface area contributed by atoms with Crippen LogP contribution in [0.25, 0.3) is 0 Å². The minimum Gasteiger partial charge on any atom is -0.389 e. The van der Waals surface area contributed by atoms with Gasteiger partial charge in [0.1, 0.15) is 4.99 Å². The van der Waals surface area contributed by atoms with Gasteiger partial charge in [-0.2, -0.15) is 4.31 Å². The Morgan fingerprint density at radius 2 is 1.76 bits per heavy atom. The molecule has 1 saturated heterocycles. The number of sulfonamides is 1. The summed E-state index contributed by atoms with van der Waals surface area (Å²) in [5.41, 5.74) is 6.71. The van der Waals surface area contributed by atoms with Crippen LogP contribution in [-0.2, 0) is 10.0 Å². The molecule has 0 aliphatic carbocycles. The largest absolute Gasteiger partial charge is 0.389 e. The first-order chi connectivity index (χ1) is 9.79. The number of rotatable bonds is 3. The lowest BCUT2D eigenvalue weighted by atomic mass is 10.1. The molecule has 8 heteroatoms. The van der Waals surface area contributed by atoms with E-state index in [2.05, 4.69) is 0 Å². The quantitative estimate of drug-likeness (QED) is 0.793. The number of hydrogen-bond acceptors (Lipinski definition) is 4. The highest BCUT2D eigenvalue weighted by molar-refractivity contribution is 7.88. The maximum absolute atomic E-state index is 12.4. The van der Waals surface area contributed by atoms with Crippen LogP contribution >= 0.6 is 12.2 Å². The van der Waals surface area contributed by atoms with Crippen molar-refractivity contribution >= 4 is 33.1 Å². The number of piperazine rings is 1. The Kier molecular flexibility index (Phi) is 4.60. The lowest BCUT2D eigenvalue weighted by Crippen LogP contribution is -2.50. The number of nitrogens with zero attached hydrogens (tertiary/aromatic N) is 2. The Morgan fingerprint density at radius 1 is 1.19 bits per heavy atom. The molecular formula is C13H17N3O3S2. The standard InChI is InChI=1S/C13H17N3O3S2/c1-21(18,19)16-7-5-15(6-8-16)13(17)11-4-2-3-10(9-11)12(14)20/h2-4,9H,5-8H2,1H3,(H2,14,20). The minimum absolute atomic E-state index is 0.138. The van der Waals surface area contributed by atoms with E-state index in [4.69, 9.17) is 18.0 Å². The zero-order chi connectivity index (χ0) is 15.6. The predicted octanol–water partition coefficient (Wildman–Crippen LogP) is 0.0382. The third-order valence-corrected chi connectivity index (χ3v) is 4.93. The van der Waals surface area contributed by atoms with E-state index >= 15 is 0 Å². The fourth-order valence-electron chi connectivity index (χ4n) is 2.21. The summed E-state index contributed by atoms with van der Waals surface area (Å²) in [7, 11) is -3.20. The van der Waals surface area contributed by atoms with Crippen LogP contribution in [0.4, 0.5) is 0 Å². The van der Waals surface area contributed by atoms with Crippen molar-refractivity contribution in [2.24, 2.45) is 5.73 Å². The van der Waals surface area contributed by atoms with Crippen molar-refractivity contribution in [3.05, 3.63) is 35.4 Å². The van der Waals surface area contributed by atoms with E-state index in [0.717, 1.165) is 0 Å². The zero-order valence-corrected chi connectivity index (χ0v) is 13.3. The highest BCUT2D eigenvalue weighted by atomic mass is 32.2. The topological polar surface area (TPSA) is 83.7 Å². The number of hydrogen-bond donors (Lipinski definition) is 1. The first-order valence-electron chi connectivity index (χ1n) is 6.43. The molecule has 114 valence electrons. The SMILES string of the molecule is CS(=O)(=O)N1CCN(C(=O)c2cccc(C(N)=S)c2)CC1. The van der Waals surface area contributed by atoms with Crippen LogP contribution in [-0.4, -0.2) is 61.0 Å². The van der Waals surface area contributed by atoms with Crippen LogP contribution in [0, 0.1) is 0 Å². The van der Waals surface area contributed by atoms with Crippen LogP contribution in [0.1, 0.15) is 15.9 Å². The first kappa shape index (κ1) is 15.9. The van der Waals surface area contributed by atoms with Gasteiger partial charge in [-0.1, -0.05) is 24.4 Å². The van der Waals surface area contributed by atoms with Gasteiger partial charge in [0, 0.05) is 37.3 Å². The summed E-state index contributed by atoms with van der Waals surface area (Å²) in [5, 5.41) is 0. The molecule has 1 aliphatic heterocycles. The zero-order valence-electron chi connectivity index (χ0n) is 11.7. The highest BCUT2D eigenvalue weighted by Gasteiger charge is 2.26. The van der Waals surface area contributed by atoms with E-state index in [1.54, 1.807) is 29.2 Å². The molecule has 0 aromatic heterocycles. The maximum Gasteiger partial charge on any atom is 0.253 e. The van der Waals surface area contributed by atoms with Gasteiger partial charge >= 0.3 is 0 Å². The maximum atomic E-state index is 12.4. The van der Waals surface area contributed by atoms with Crippen molar-refractivity contribution < 1.29 is 13.2 Å². The van der Waals surface area contributed by atoms with Gasteiger partial charge in [0.25, 0.3) is 5.91 Å². The molecule has 0 radical (unpaired) electrons. The van der Waals surface area contributed by atoms with Crippen molar-refractivity contribution in [2.45, 2.75) is 0 Å². The van der Waals surface area contributed by atoms with E-state index in [1.807, 2.05) is 0 Å². The molecule has 0 spiro atoms. The van der Waals surface area contributed by atoms with Crippen molar-refractivity contribution in [3.63, 3.8) is 0 Å². The normalized spacial score (nSPS) is 16.7. The lowest BCUT2D eigenvalue weighted by molar-refractivity contribution is 0.0698. The average Bonchev–Trinajstić information content (AvgIpc) is 2.46. The summed E-state index contributed by atoms with van der Waals surface area (Å²) >= 11 is 4.90. The number of nitrogens with two attached hydrogens (primary N) is 1. The summed E-state index contributed by atoms with van der Waals surface area (Å²) in [6, 6.07) is 6.84. The lowest BCUT2D eigenvalue weighted by Gasteiger charge is -2.33. The highest BCUT2D eigenvalue weighted by Crippen LogP contribution is 2.12. The van der Waals surface area contributed by atoms with Gasteiger partial charge in [-0.3, -0.25) is 4.79 Å². The molecular weight excluding hydrogens is 310 g/mol. The molecule has 0 bridgehead atoms. The molecule has 2 rings (SSSR count). The van der Waals surface area contributed by atoms with Crippen LogP contribution < -0.4 is 5.73 Å². The molecule has 0 unspecified atom stereocenters. The number of benzene rings is 1. The van der Waals surface area contributed by atoms with Gasteiger partial charge in [0.15, 0.2) is 0 Å². The Hall–Kier alpha value is -1.51. The van der Waals surface area contributed by atoms with Gasteiger partial charge in [-0.05, 0) is 12.1 Å². The molecule has 0 atom stereocenters. The minimum atomic E-state index is -3.20. The van der Waals surface area contributed by atoms with Crippen molar-refractivity contribution in [2.75, 3.05) is 32.4 Å². The molecule has 6 nitrogen and oxygen atoms in total. The Labute approximate surface area is 129 Å². The molecule has 21 heavy (non-hydrogen) atoms. The Balaban J connectivity index is 2.09. The fraction of sp³-hybridized carbons (Fsp3) is 0.385. The van der Waals surface area contributed by atoms with Crippen molar-refractivity contribution in [1.29, 1.82) is 0 Å². The van der Waals surface area contributed by atoms with E-state index in [9.17, 15) is 13.2 Å². The third kappa shape index (κ3) is 3.78. The molecule has 1 aliphatic rings. The Morgan fingerprint density at radius 3 is 2.29 bits per heavy atom. The summed E-state index contributed by atoms with van der Waals surface area (Å²) in [6.45, 7) is 1.39. The second-order valence-electron chi connectivity index (χ2n) is 4.90. The fourth-order valence-corrected chi connectivity index (χ4v) is 3.16. The van der Waals surface area contributed by atoms with Gasteiger partial charge in [-0.25, -0.2) is 8.42 Å². The van der Waals surface area contributed by atoms with Gasteiger partial charge in [0.05, 0.1) is 6.26 Å². The van der Waals surface area contributed by atoms with E-state index < -0.39 is 10.0 Å². The first-order valence-corrected chi connectivity index (χ1v) is 8.69. The predicted molar refractivity (Wildman–Crippen MR) is 84.6 cm³/mol. The second kappa shape index (κ2) is 6.08. The van der Waals surface area contributed by atoms with Crippen LogP contribution in [0.2, 0.25) is 0 Å².